The predicted molar refractivity (Wildman–Crippen MR) is 88.5 cm³/mol. The average molecular weight is 316 g/mol. The first kappa shape index (κ1) is 17.2. The lowest BCUT2D eigenvalue weighted by atomic mass is 10.0. The van der Waals surface area contributed by atoms with Gasteiger partial charge in [-0.3, -0.25) is 9.59 Å². The summed E-state index contributed by atoms with van der Waals surface area (Å²) in [6, 6.07) is 8.61. The topological polar surface area (TPSA) is 72.6 Å². The monoisotopic (exact) mass is 316 g/mol. The molecule has 1 amide bonds. The Kier molecular flexibility index (Phi) is 5.93. The van der Waals surface area contributed by atoms with Gasteiger partial charge in [-0.05, 0) is 25.3 Å². The van der Waals surface area contributed by atoms with E-state index in [1.807, 2.05) is 49.4 Å². The maximum atomic E-state index is 12.5. The number of esters is 1. The fourth-order valence-electron chi connectivity index (χ4n) is 2.62. The van der Waals surface area contributed by atoms with Crippen LogP contribution < -0.4 is 5.73 Å². The largest absolute Gasteiger partial charge is 0.455 e. The average Bonchev–Trinajstić information content (AvgIpc) is 2.57. The van der Waals surface area contributed by atoms with Crippen molar-refractivity contribution in [2.24, 2.45) is 5.73 Å². The van der Waals surface area contributed by atoms with Gasteiger partial charge >= 0.3 is 5.97 Å². The van der Waals surface area contributed by atoms with Crippen LogP contribution in [0.3, 0.4) is 0 Å². The molecule has 0 aromatic heterocycles. The summed E-state index contributed by atoms with van der Waals surface area (Å²) in [5.74, 6) is -0.416. The fraction of sp³-hybridized carbons (Fsp3) is 0.444. The van der Waals surface area contributed by atoms with Crippen LogP contribution in [-0.2, 0) is 14.3 Å². The first-order valence-corrected chi connectivity index (χ1v) is 7.92. The molecule has 1 heterocycles. The maximum absolute atomic E-state index is 12.5. The summed E-state index contributed by atoms with van der Waals surface area (Å²) in [4.78, 5) is 26.1. The van der Waals surface area contributed by atoms with Gasteiger partial charge in [-0.25, -0.2) is 0 Å². The van der Waals surface area contributed by atoms with Crippen molar-refractivity contribution in [3.05, 3.63) is 48.0 Å². The van der Waals surface area contributed by atoms with Crippen LogP contribution >= 0.6 is 0 Å². The number of nitrogens with two attached hydrogens (primary N) is 1. The predicted octanol–water partition coefficient (Wildman–Crippen LogP) is 2.19. The molecule has 1 aromatic carbocycles. The Hall–Kier alpha value is -2.14. The summed E-state index contributed by atoms with van der Waals surface area (Å²) < 4.78 is 5.67. The Morgan fingerprint density at radius 1 is 1.17 bits per heavy atom. The van der Waals surface area contributed by atoms with E-state index in [0.29, 0.717) is 19.3 Å². The van der Waals surface area contributed by atoms with Gasteiger partial charge in [-0.1, -0.05) is 42.5 Å². The molecule has 0 radical (unpaired) electrons. The number of carbonyl (C=O) groups excluding carboxylic acids is 2. The minimum atomic E-state index is -0.578. The highest BCUT2D eigenvalue weighted by Gasteiger charge is 2.31. The van der Waals surface area contributed by atoms with Crippen LogP contribution in [0.1, 0.15) is 37.9 Å². The molecule has 1 aliphatic rings. The number of ether oxygens (including phenoxy) is 1. The fourth-order valence-corrected chi connectivity index (χ4v) is 2.62. The van der Waals surface area contributed by atoms with Gasteiger partial charge in [0.1, 0.15) is 6.10 Å². The molecule has 23 heavy (non-hydrogen) atoms. The highest BCUT2D eigenvalue weighted by molar-refractivity contribution is 5.82. The van der Waals surface area contributed by atoms with Crippen LogP contribution in [0.2, 0.25) is 0 Å². The van der Waals surface area contributed by atoms with E-state index in [2.05, 4.69) is 0 Å². The Balaban J connectivity index is 2.32. The van der Waals surface area contributed by atoms with Crippen LogP contribution in [0.5, 0.6) is 0 Å². The van der Waals surface area contributed by atoms with Crippen molar-refractivity contribution in [2.45, 2.75) is 44.4 Å². The zero-order valence-electron chi connectivity index (χ0n) is 13.6. The van der Waals surface area contributed by atoms with E-state index in [1.54, 1.807) is 11.9 Å². The van der Waals surface area contributed by atoms with Crippen molar-refractivity contribution in [2.75, 3.05) is 7.05 Å². The molecule has 2 N–H and O–H groups in total. The molecule has 0 saturated carbocycles. The maximum Gasteiger partial charge on any atom is 0.306 e. The van der Waals surface area contributed by atoms with E-state index in [0.717, 1.165) is 5.56 Å². The summed E-state index contributed by atoms with van der Waals surface area (Å²) in [5.41, 5.74) is 6.84. The van der Waals surface area contributed by atoms with Crippen molar-refractivity contribution in [1.29, 1.82) is 0 Å². The highest BCUT2D eigenvalue weighted by Crippen LogP contribution is 2.26. The van der Waals surface area contributed by atoms with E-state index in [1.165, 1.54) is 0 Å². The summed E-state index contributed by atoms with van der Waals surface area (Å²) >= 11 is 0. The second-order valence-corrected chi connectivity index (χ2v) is 5.86. The molecule has 2 rings (SSSR count). The normalized spacial score (nSPS) is 27.1. The van der Waals surface area contributed by atoms with Gasteiger partial charge in [0.25, 0.3) is 0 Å². The van der Waals surface area contributed by atoms with E-state index in [-0.39, 0.29) is 17.9 Å². The highest BCUT2D eigenvalue weighted by atomic mass is 16.5. The standard InChI is InChI=1S/C18H24N2O3/c1-13-17(14-9-5-3-6-10-14)23-16(21)12-8-4-7-11-15(19)18(22)20(13)2/h3-7,9-10,13,15,17H,8,11-12,19H2,1-2H3/t13-,15+,17+/m0/s1. The third-order valence-corrected chi connectivity index (χ3v) is 4.17. The molecule has 0 saturated heterocycles. The molecule has 0 bridgehead atoms. The van der Waals surface area contributed by atoms with Gasteiger partial charge in [-0.2, -0.15) is 0 Å². The van der Waals surface area contributed by atoms with Gasteiger partial charge < -0.3 is 15.4 Å². The van der Waals surface area contributed by atoms with E-state index in [9.17, 15) is 9.59 Å². The van der Waals surface area contributed by atoms with Gasteiger partial charge in [0, 0.05) is 13.5 Å². The quantitative estimate of drug-likeness (QED) is 0.637. The lowest BCUT2D eigenvalue weighted by Gasteiger charge is -2.33. The van der Waals surface area contributed by atoms with Crippen molar-refractivity contribution in [3.63, 3.8) is 0 Å². The second-order valence-electron chi connectivity index (χ2n) is 5.86. The zero-order chi connectivity index (χ0) is 16.8. The van der Waals surface area contributed by atoms with Crippen LogP contribution in [0.15, 0.2) is 42.5 Å². The molecule has 0 spiro atoms. The number of amides is 1. The minimum absolute atomic E-state index is 0.153. The lowest BCUT2D eigenvalue weighted by molar-refractivity contribution is -0.155. The first-order chi connectivity index (χ1) is 11.0. The van der Waals surface area contributed by atoms with Crippen LogP contribution in [0, 0.1) is 0 Å². The van der Waals surface area contributed by atoms with Gasteiger partial charge in [0.05, 0.1) is 12.1 Å². The third kappa shape index (κ3) is 4.42. The van der Waals surface area contributed by atoms with E-state index >= 15 is 0 Å². The molecule has 0 aliphatic carbocycles. The van der Waals surface area contributed by atoms with Crippen LogP contribution in [0.4, 0.5) is 0 Å². The minimum Gasteiger partial charge on any atom is -0.455 e. The molecule has 1 aromatic rings. The summed E-state index contributed by atoms with van der Waals surface area (Å²) in [5, 5.41) is 0. The van der Waals surface area contributed by atoms with Crippen molar-refractivity contribution >= 4 is 11.9 Å². The number of allylic oxidation sites excluding steroid dienone is 1. The van der Waals surface area contributed by atoms with Gasteiger partial charge in [0.15, 0.2) is 0 Å². The SMILES string of the molecule is C[C@H]1[C@H](c2ccccc2)OC(=O)CCC=CC[C@@H](N)C(=O)N1C. The third-order valence-electron chi connectivity index (χ3n) is 4.17. The summed E-state index contributed by atoms with van der Waals surface area (Å²) in [6.07, 6.45) is 4.60. The molecule has 5 nitrogen and oxygen atoms in total. The van der Waals surface area contributed by atoms with Gasteiger partial charge in [-0.15, -0.1) is 0 Å². The molecule has 1 aliphatic heterocycles. The molecule has 124 valence electrons. The number of hydrogen-bond donors (Lipinski definition) is 1. The first-order valence-electron chi connectivity index (χ1n) is 7.92. The molecular weight excluding hydrogens is 292 g/mol. The van der Waals surface area contributed by atoms with Crippen molar-refractivity contribution in [3.8, 4) is 0 Å². The molecular formula is C18H24N2O3. The number of carbonyl (C=O) groups is 2. The van der Waals surface area contributed by atoms with E-state index < -0.39 is 12.1 Å². The second kappa shape index (κ2) is 7.92. The smallest absolute Gasteiger partial charge is 0.306 e. The molecule has 0 unspecified atom stereocenters. The number of likely N-dealkylation sites (N-methyl/N-ethyl adjacent to an activating group) is 1. The summed E-state index contributed by atoms with van der Waals surface area (Å²) in [7, 11) is 1.70. The number of benzene rings is 1. The van der Waals surface area contributed by atoms with E-state index in [4.69, 9.17) is 10.5 Å². The Labute approximate surface area is 137 Å². The van der Waals surface area contributed by atoms with Crippen LogP contribution in [0.25, 0.3) is 0 Å². The number of cyclic esters (lactones) is 1. The van der Waals surface area contributed by atoms with Crippen LogP contribution in [-0.4, -0.2) is 35.9 Å². The number of nitrogens with zero attached hydrogens (tertiary/aromatic N) is 1. The number of hydrogen-bond acceptors (Lipinski definition) is 4. The Morgan fingerprint density at radius 2 is 1.87 bits per heavy atom. The summed E-state index contributed by atoms with van der Waals surface area (Å²) in [6.45, 7) is 1.87. The zero-order valence-corrected chi connectivity index (χ0v) is 13.6. The molecule has 0 fully saturated rings. The Morgan fingerprint density at radius 3 is 2.57 bits per heavy atom. The lowest BCUT2D eigenvalue weighted by Crippen LogP contribution is -2.48. The van der Waals surface area contributed by atoms with Crippen molar-refractivity contribution in [1.82, 2.24) is 4.90 Å². The Bertz CT molecular complexity index is 571. The number of rotatable bonds is 1. The molecule has 3 atom stereocenters. The van der Waals surface area contributed by atoms with Crippen molar-refractivity contribution < 1.29 is 14.3 Å². The molecule has 5 heteroatoms. The van der Waals surface area contributed by atoms with Gasteiger partial charge in [0.2, 0.25) is 5.91 Å².